The molecule has 0 bridgehead atoms. The first-order valence-corrected chi connectivity index (χ1v) is 3.58. The fraction of sp³-hybridized carbons (Fsp3) is 0.250. The van der Waals surface area contributed by atoms with Gasteiger partial charge in [0, 0.05) is 18.1 Å². The van der Waals surface area contributed by atoms with Crippen molar-refractivity contribution in [1.29, 1.82) is 0 Å². The molecular weight excluding hydrogens is 156 g/mol. The Hall–Kier alpha value is -1.58. The van der Waals surface area contributed by atoms with E-state index in [9.17, 15) is 4.79 Å². The number of ether oxygens (including phenoxy) is 1. The Balaban J connectivity index is 2.46. The SMILES string of the molecule is CC(Nc1ccncc1)OC=O. The molecule has 1 N–H and O–H groups in total. The lowest BCUT2D eigenvalue weighted by atomic mass is 10.4. The van der Waals surface area contributed by atoms with Crippen LogP contribution in [0.3, 0.4) is 0 Å². The Morgan fingerprint density at radius 1 is 1.58 bits per heavy atom. The number of pyridine rings is 1. The van der Waals surface area contributed by atoms with Crippen LogP contribution < -0.4 is 5.32 Å². The minimum Gasteiger partial charge on any atom is -0.444 e. The molecule has 4 nitrogen and oxygen atoms in total. The largest absolute Gasteiger partial charge is 0.444 e. The molecule has 0 spiro atoms. The third-order valence-corrected chi connectivity index (χ3v) is 1.31. The van der Waals surface area contributed by atoms with E-state index in [0.29, 0.717) is 6.47 Å². The molecule has 4 heteroatoms. The molecular formula is C8H10N2O2. The molecule has 1 aromatic rings. The van der Waals surface area contributed by atoms with E-state index in [4.69, 9.17) is 0 Å². The molecule has 0 fully saturated rings. The maximum absolute atomic E-state index is 9.93. The summed E-state index contributed by atoms with van der Waals surface area (Å²) in [6.07, 6.45) is 3.01. The van der Waals surface area contributed by atoms with Crippen molar-refractivity contribution in [3.05, 3.63) is 24.5 Å². The highest BCUT2D eigenvalue weighted by atomic mass is 16.5. The van der Waals surface area contributed by atoms with Gasteiger partial charge >= 0.3 is 0 Å². The van der Waals surface area contributed by atoms with Crippen molar-refractivity contribution < 1.29 is 9.53 Å². The highest BCUT2D eigenvalue weighted by Crippen LogP contribution is 2.04. The Bertz CT molecular complexity index is 238. The van der Waals surface area contributed by atoms with Crippen LogP contribution >= 0.6 is 0 Å². The zero-order chi connectivity index (χ0) is 8.81. The van der Waals surface area contributed by atoms with Gasteiger partial charge in [0.25, 0.3) is 6.47 Å². The number of hydrogen-bond donors (Lipinski definition) is 1. The Kier molecular flexibility index (Phi) is 3.07. The molecule has 0 radical (unpaired) electrons. The summed E-state index contributed by atoms with van der Waals surface area (Å²) in [5.41, 5.74) is 0.874. The lowest BCUT2D eigenvalue weighted by Crippen LogP contribution is -2.18. The molecule has 0 aliphatic carbocycles. The third-order valence-electron chi connectivity index (χ3n) is 1.31. The maximum atomic E-state index is 9.93. The van der Waals surface area contributed by atoms with Crippen LogP contribution in [0.1, 0.15) is 6.92 Å². The molecule has 0 aliphatic heterocycles. The first-order valence-electron chi connectivity index (χ1n) is 3.58. The Labute approximate surface area is 70.6 Å². The van der Waals surface area contributed by atoms with E-state index < -0.39 is 0 Å². The van der Waals surface area contributed by atoms with Crippen molar-refractivity contribution in [3.8, 4) is 0 Å². The fourth-order valence-electron chi connectivity index (χ4n) is 0.800. The first kappa shape index (κ1) is 8.52. The number of aromatic nitrogens is 1. The summed E-state index contributed by atoms with van der Waals surface area (Å²) in [5.74, 6) is 0. The number of anilines is 1. The summed E-state index contributed by atoms with van der Waals surface area (Å²) < 4.78 is 4.63. The molecule has 1 aromatic heterocycles. The van der Waals surface area contributed by atoms with Crippen molar-refractivity contribution in [1.82, 2.24) is 4.98 Å². The zero-order valence-electron chi connectivity index (χ0n) is 6.73. The standard InChI is InChI=1S/C8H10N2O2/c1-7(12-6-11)10-8-2-4-9-5-3-8/h2-7H,1H3,(H,9,10). The van der Waals surface area contributed by atoms with Crippen LogP contribution in [0.4, 0.5) is 5.69 Å². The van der Waals surface area contributed by atoms with E-state index in [0.717, 1.165) is 5.69 Å². The van der Waals surface area contributed by atoms with Gasteiger partial charge in [0.05, 0.1) is 0 Å². The molecule has 0 saturated carbocycles. The Morgan fingerprint density at radius 2 is 2.25 bits per heavy atom. The number of carbonyl (C=O) groups excluding carboxylic acids is 1. The van der Waals surface area contributed by atoms with Gasteiger partial charge in [-0.1, -0.05) is 0 Å². The average molecular weight is 166 g/mol. The van der Waals surface area contributed by atoms with Gasteiger partial charge in [0.15, 0.2) is 6.23 Å². The molecule has 0 aliphatic rings. The van der Waals surface area contributed by atoms with E-state index in [1.807, 2.05) is 0 Å². The van der Waals surface area contributed by atoms with E-state index in [1.54, 1.807) is 31.5 Å². The van der Waals surface area contributed by atoms with Crippen LogP contribution in [0.15, 0.2) is 24.5 Å². The molecule has 0 aromatic carbocycles. The molecule has 1 heterocycles. The van der Waals surface area contributed by atoms with Crippen LogP contribution in [-0.2, 0) is 9.53 Å². The Morgan fingerprint density at radius 3 is 2.83 bits per heavy atom. The minimum absolute atomic E-state index is 0.315. The minimum atomic E-state index is -0.315. The molecule has 1 unspecified atom stereocenters. The topological polar surface area (TPSA) is 51.2 Å². The maximum Gasteiger partial charge on any atom is 0.294 e. The number of nitrogens with one attached hydrogen (secondary N) is 1. The number of nitrogens with zero attached hydrogens (tertiary/aromatic N) is 1. The van der Waals surface area contributed by atoms with Crippen LogP contribution in [0.25, 0.3) is 0 Å². The average Bonchev–Trinajstić information content (AvgIpc) is 2.06. The smallest absolute Gasteiger partial charge is 0.294 e. The predicted molar refractivity (Wildman–Crippen MR) is 44.5 cm³/mol. The van der Waals surface area contributed by atoms with Crippen LogP contribution in [-0.4, -0.2) is 17.7 Å². The zero-order valence-corrected chi connectivity index (χ0v) is 6.73. The van der Waals surface area contributed by atoms with Crippen LogP contribution in [0, 0.1) is 0 Å². The molecule has 0 amide bonds. The van der Waals surface area contributed by atoms with Gasteiger partial charge in [-0.3, -0.25) is 9.78 Å². The highest BCUT2D eigenvalue weighted by molar-refractivity contribution is 5.43. The van der Waals surface area contributed by atoms with Gasteiger partial charge in [0.2, 0.25) is 0 Å². The molecule has 64 valence electrons. The van der Waals surface area contributed by atoms with E-state index in [-0.39, 0.29) is 6.23 Å². The second kappa shape index (κ2) is 4.33. The van der Waals surface area contributed by atoms with Gasteiger partial charge in [-0.15, -0.1) is 0 Å². The highest BCUT2D eigenvalue weighted by Gasteiger charge is 1.98. The second-order valence-electron chi connectivity index (χ2n) is 2.25. The molecule has 1 rings (SSSR count). The van der Waals surface area contributed by atoms with Crippen LogP contribution in [0.5, 0.6) is 0 Å². The number of carbonyl (C=O) groups is 1. The summed E-state index contributed by atoms with van der Waals surface area (Å²) >= 11 is 0. The third kappa shape index (κ3) is 2.57. The first-order chi connectivity index (χ1) is 5.83. The summed E-state index contributed by atoms with van der Waals surface area (Å²) in [4.78, 5) is 13.8. The van der Waals surface area contributed by atoms with Gasteiger partial charge < -0.3 is 10.1 Å². The van der Waals surface area contributed by atoms with E-state index >= 15 is 0 Å². The van der Waals surface area contributed by atoms with E-state index in [2.05, 4.69) is 15.0 Å². The van der Waals surface area contributed by atoms with Crippen molar-refractivity contribution in [2.75, 3.05) is 5.32 Å². The van der Waals surface area contributed by atoms with Crippen molar-refractivity contribution in [3.63, 3.8) is 0 Å². The lowest BCUT2D eigenvalue weighted by Gasteiger charge is -2.12. The fourth-order valence-corrected chi connectivity index (χ4v) is 0.800. The van der Waals surface area contributed by atoms with Gasteiger partial charge in [-0.25, -0.2) is 0 Å². The summed E-state index contributed by atoms with van der Waals surface area (Å²) in [6.45, 7) is 2.16. The predicted octanol–water partition coefficient (Wildman–Crippen LogP) is 1.01. The van der Waals surface area contributed by atoms with Crippen molar-refractivity contribution in [2.24, 2.45) is 0 Å². The summed E-state index contributed by atoms with van der Waals surface area (Å²) in [6, 6.07) is 3.59. The van der Waals surface area contributed by atoms with Crippen molar-refractivity contribution in [2.45, 2.75) is 13.2 Å². The van der Waals surface area contributed by atoms with E-state index in [1.165, 1.54) is 0 Å². The molecule has 12 heavy (non-hydrogen) atoms. The number of rotatable bonds is 4. The number of hydrogen-bond acceptors (Lipinski definition) is 4. The molecule has 1 atom stereocenters. The monoisotopic (exact) mass is 166 g/mol. The second-order valence-corrected chi connectivity index (χ2v) is 2.25. The van der Waals surface area contributed by atoms with Crippen LogP contribution in [0.2, 0.25) is 0 Å². The molecule has 0 saturated heterocycles. The quantitative estimate of drug-likeness (QED) is 0.535. The van der Waals surface area contributed by atoms with Gasteiger partial charge in [0.1, 0.15) is 0 Å². The lowest BCUT2D eigenvalue weighted by molar-refractivity contribution is -0.131. The van der Waals surface area contributed by atoms with Crippen molar-refractivity contribution >= 4 is 12.2 Å². The normalized spacial score (nSPS) is 11.8. The summed E-state index contributed by atoms with van der Waals surface area (Å²) in [5, 5.41) is 2.95. The van der Waals surface area contributed by atoms with Gasteiger partial charge in [-0.2, -0.15) is 0 Å². The van der Waals surface area contributed by atoms with Gasteiger partial charge in [-0.05, 0) is 19.1 Å². The summed E-state index contributed by atoms with van der Waals surface area (Å²) in [7, 11) is 0.